The molecule has 0 aliphatic carbocycles. The highest BCUT2D eigenvalue weighted by Gasteiger charge is 2.33. The van der Waals surface area contributed by atoms with Gasteiger partial charge in [0.25, 0.3) is 0 Å². The number of halogens is 3. The number of nitrogens with two attached hydrogens (primary N) is 1. The Morgan fingerprint density at radius 1 is 1.14 bits per heavy atom. The normalized spacial score (nSPS) is 16.5. The second kappa shape index (κ2) is 7.99. The van der Waals surface area contributed by atoms with Crippen molar-refractivity contribution in [2.24, 2.45) is 5.73 Å². The van der Waals surface area contributed by atoms with E-state index >= 15 is 0 Å². The fourth-order valence-corrected chi connectivity index (χ4v) is 4.41. The second-order valence-electron chi connectivity index (χ2n) is 6.72. The molecule has 4 rings (SSSR count). The molecule has 0 unspecified atom stereocenters. The number of aromatic nitrogens is 3. The number of benzene rings is 1. The van der Waals surface area contributed by atoms with Crippen LogP contribution in [0.3, 0.4) is 0 Å². The lowest BCUT2D eigenvalue weighted by Crippen LogP contribution is -2.46. The average molecular weight is 438 g/mol. The molecule has 9 heteroatoms. The van der Waals surface area contributed by atoms with E-state index in [1.54, 1.807) is 12.3 Å². The Kier molecular flexibility index (Phi) is 5.60. The summed E-state index contributed by atoms with van der Waals surface area (Å²) in [6, 6.07) is 9.24. The van der Waals surface area contributed by atoms with Gasteiger partial charge in [0.2, 0.25) is 0 Å². The molecule has 0 spiro atoms. The van der Waals surface area contributed by atoms with Crippen molar-refractivity contribution >= 4 is 51.9 Å². The lowest BCUT2D eigenvalue weighted by atomic mass is 9.93. The Morgan fingerprint density at radius 2 is 1.93 bits per heavy atom. The van der Waals surface area contributed by atoms with Crippen molar-refractivity contribution in [3.05, 3.63) is 46.6 Å². The van der Waals surface area contributed by atoms with Crippen molar-refractivity contribution in [3.8, 4) is 0 Å². The molecule has 146 valence electrons. The van der Waals surface area contributed by atoms with Crippen LogP contribution in [0.15, 0.2) is 46.5 Å². The molecule has 1 aromatic carbocycles. The lowest BCUT2D eigenvalue weighted by Gasteiger charge is -2.36. The zero-order valence-corrected chi connectivity index (χ0v) is 17.2. The van der Waals surface area contributed by atoms with Gasteiger partial charge >= 0.3 is 0 Å². The molecule has 3 heterocycles. The van der Waals surface area contributed by atoms with Crippen LogP contribution < -0.4 is 10.6 Å². The number of piperidine rings is 1. The van der Waals surface area contributed by atoms with Gasteiger partial charge in [-0.05, 0) is 24.3 Å². The molecule has 2 N–H and O–H groups in total. The monoisotopic (exact) mass is 437 g/mol. The molecule has 0 bridgehead atoms. The highest BCUT2D eigenvalue weighted by atomic mass is 35.5. The summed E-state index contributed by atoms with van der Waals surface area (Å²) < 4.78 is 14.3. The standard InChI is InChI=1S/C19H18Cl2FN5S/c20-12-2-1-3-14(17(12)21)28-16-5-4-13-18(26-16)24-10-15(25-13)27-8-6-19(22,11-23)7-9-27/h1-5,10H,6-9,11,23H2. The summed E-state index contributed by atoms with van der Waals surface area (Å²) in [5.41, 5.74) is 5.50. The predicted molar refractivity (Wildman–Crippen MR) is 112 cm³/mol. The van der Waals surface area contributed by atoms with E-state index in [1.165, 1.54) is 11.8 Å². The van der Waals surface area contributed by atoms with Crippen LogP contribution in [0.5, 0.6) is 0 Å². The van der Waals surface area contributed by atoms with E-state index in [0.29, 0.717) is 47.1 Å². The number of alkyl halides is 1. The number of pyridine rings is 1. The first-order valence-corrected chi connectivity index (χ1v) is 10.4. The number of hydrogen-bond acceptors (Lipinski definition) is 6. The van der Waals surface area contributed by atoms with Crippen LogP contribution in [-0.2, 0) is 0 Å². The molecule has 0 radical (unpaired) electrons. The zero-order valence-electron chi connectivity index (χ0n) is 14.9. The van der Waals surface area contributed by atoms with Crippen LogP contribution >= 0.6 is 35.0 Å². The van der Waals surface area contributed by atoms with Crippen LogP contribution in [-0.4, -0.2) is 40.3 Å². The molecule has 0 amide bonds. The van der Waals surface area contributed by atoms with Gasteiger partial charge in [-0.15, -0.1) is 0 Å². The van der Waals surface area contributed by atoms with E-state index < -0.39 is 5.67 Å². The maximum atomic E-state index is 14.3. The molecule has 2 aromatic heterocycles. The summed E-state index contributed by atoms with van der Waals surface area (Å²) in [7, 11) is 0. The second-order valence-corrected chi connectivity index (χ2v) is 8.56. The molecule has 0 saturated carbocycles. The van der Waals surface area contributed by atoms with Gasteiger partial charge in [0, 0.05) is 37.4 Å². The molecule has 1 saturated heterocycles. The quantitative estimate of drug-likeness (QED) is 0.634. The number of hydrogen-bond donors (Lipinski definition) is 1. The Hall–Kier alpha value is -1.67. The van der Waals surface area contributed by atoms with E-state index in [0.717, 1.165) is 15.7 Å². The summed E-state index contributed by atoms with van der Waals surface area (Å²) in [4.78, 5) is 16.5. The minimum atomic E-state index is -1.27. The van der Waals surface area contributed by atoms with E-state index in [1.807, 2.05) is 29.2 Å². The van der Waals surface area contributed by atoms with Crippen molar-refractivity contribution in [1.82, 2.24) is 15.0 Å². The van der Waals surface area contributed by atoms with Crippen LogP contribution in [0.4, 0.5) is 10.2 Å². The van der Waals surface area contributed by atoms with Gasteiger partial charge in [-0.3, -0.25) is 0 Å². The van der Waals surface area contributed by atoms with Crippen LogP contribution in [0.25, 0.3) is 11.2 Å². The number of nitrogens with zero attached hydrogens (tertiary/aromatic N) is 4. The molecule has 1 aliphatic heterocycles. The SMILES string of the molecule is NCC1(F)CCN(c2cnc3nc(Sc4cccc(Cl)c4Cl)ccc3n2)CC1. The third-order valence-corrected chi connectivity index (χ3v) is 6.77. The molecular weight excluding hydrogens is 420 g/mol. The third kappa shape index (κ3) is 4.03. The molecule has 5 nitrogen and oxygen atoms in total. The summed E-state index contributed by atoms with van der Waals surface area (Å²) in [6.45, 7) is 1.20. The van der Waals surface area contributed by atoms with Gasteiger partial charge in [0.15, 0.2) is 5.65 Å². The Bertz CT molecular complexity index is 1010. The van der Waals surface area contributed by atoms with Crippen molar-refractivity contribution < 1.29 is 4.39 Å². The van der Waals surface area contributed by atoms with Gasteiger partial charge in [-0.25, -0.2) is 19.3 Å². The third-order valence-electron chi connectivity index (χ3n) is 4.85. The Labute approximate surface area is 176 Å². The van der Waals surface area contributed by atoms with E-state index in [-0.39, 0.29) is 6.54 Å². The summed E-state index contributed by atoms with van der Waals surface area (Å²) >= 11 is 13.7. The summed E-state index contributed by atoms with van der Waals surface area (Å²) in [5, 5.41) is 1.76. The Balaban J connectivity index is 1.54. The largest absolute Gasteiger partial charge is 0.355 e. The van der Waals surface area contributed by atoms with Crippen molar-refractivity contribution in [2.45, 2.75) is 28.4 Å². The molecule has 3 aromatic rings. The summed E-state index contributed by atoms with van der Waals surface area (Å²) in [5.74, 6) is 0.728. The zero-order chi connectivity index (χ0) is 19.7. The highest BCUT2D eigenvalue weighted by molar-refractivity contribution is 7.99. The fourth-order valence-electron chi connectivity index (χ4n) is 3.10. The van der Waals surface area contributed by atoms with Crippen LogP contribution in [0.1, 0.15) is 12.8 Å². The highest BCUT2D eigenvalue weighted by Crippen LogP contribution is 2.36. The summed E-state index contributed by atoms with van der Waals surface area (Å²) in [6.07, 6.45) is 2.48. The average Bonchev–Trinajstić information content (AvgIpc) is 2.72. The minimum Gasteiger partial charge on any atom is -0.355 e. The molecule has 1 fully saturated rings. The van der Waals surface area contributed by atoms with E-state index in [2.05, 4.69) is 15.0 Å². The number of fused-ring (bicyclic) bond motifs is 1. The Morgan fingerprint density at radius 3 is 2.68 bits per heavy atom. The van der Waals surface area contributed by atoms with Gasteiger partial charge in [0.05, 0.1) is 16.2 Å². The lowest BCUT2D eigenvalue weighted by molar-refractivity contribution is 0.135. The number of anilines is 1. The van der Waals surface area contributed by atoms with Crippen molar-refractivity contribution in [1.29, 1.82) is 0 Å². The first-order valence-electron chi connectivity index (χ1n) is 8.87. The maximum absolute atomic E-state index is 14.3. The maximum Gasteiger partial charge on any atom is 0.179 e. The van der Waals surface area contributed by atoms with E-state index in [4.69, 9.17) is 28.9 Å². The van der Waals surface area contributed by atoms with Gasteiger partial charge in [0.1, 0.15) is 22.0 Å². The van der Waals surface area contributed by atoms with Gasteiger partial charge < -0.3 is 10.6 Å². The fraction of sp³-hybridized carbons (Fsp3) is 0.316. The van der Waals surface area contributed by atoms with Crippen LogP contribution in [0, 0.1) is 0 Å². The van der Waals surface area contributed by atoms with Gasteiger partial charge in [-0.2, -0.15) is 0 Å². The first kappa shape index (κ1) is 19.6. The first-order chi connectivity index (χ1) is 13.5. The molecular formula is C19H18Cl2FN5S. The molecule has 0 atom stereocenters. The minimum absolute atomic E-state index is 0.0608. The van der Waals surface area contributed by atoms with E-state index in [9.17, 15) is 4.39 Å². The smallest absolute Gasteiger partial charge is 0.179 e. The number of rotatable bonds is 4. The molecule has 1 aliphatic rings. The topological polar surface area (TPSA) is 67.9 Å². The van der Waals surface area contributed by atoms with Gasteiger partial charge in [-0.1, -0.05) is 41.0 Å². The van der Waals surface area contributed by atoms with Crippen molar-refractivity contribution in [3.63, 3.8) is 0 Å². The predicted octanol–water partition coefficient (Wildman–Crippen LogP) is 4.75. The van der Waals surface area contributed by atoms with Crippen molar-refractivity contribution in [2.75, 3.05) is 24.5 Å². The van der Waals surface area contributed by atoms with Crippen LogP contribution in [0.2, 0.25) is 10.0 Å². The molecule has 28 heavy (non-hydrogen) atoms.